The van der Waals surface area contributed by atoms with Crippen LogP contribution in [0, 0.1) is 0 Å². The Kier molecular flexibility index (Phi) is 9.81. The standard InChI is InChI=1S/C13H12BNO4S.C7H8BNO2.C5H4ClNO2S/c16-14-13-6-10(3-4-11(13)8-19-14)9-20(17,18)12-2-1-5-15-7-12;9-6-2-1-5-4-11-8(10)7(5)3-6;6-10(8,9)5-2-1-3-7-4-5/h1-7,16H,8-9H2;1-3,10H,4,9H2;1-4H. The summed E-state index contributed by atoms with van der Waals surface area (Å²) >= 11 is 0. The summed E-state index contributed by atoms with van der Waals surface area (Å²) in [5, 5.41) is 18.9. The SMILES string of the molecule is Nc1ccc2c(c1)B(O)OC2.O=S(=O)(Cc1ccc2c(c1)B(O)OC2)c1cccnc1.O=S(=O)(Cl)c1cccnc1. The molecule has 212 valence electrons. The summed E-state index contributed by atoms with van der Waals surface area (Å²) in [5.74, 6) is -0.126. The van der Waals surface area contributed by atoms with E-state index in [1.807, 2.05) is 6.07 Å². The van der Waals surface area contributed by atoms with Gasteiger partial charge in [-0.25, -0.2) is 16.8 Å². The molecular formula is C25H24B2ClN3O8S2. The van der Waals surface area contributed by atoms with Gasteiger partial charge in [-0.05, 0) is 64.0 Å². The minimum Gasteiger partial charge on any atom is -0.423 e. The Morgan fingerprint density at radius 1 is 0.805 bits per heavy atom. The second-order valence-electron chi connectivity index (χ2n) is 8.89. The van der Waals surface area contributed by atoms with Crippen LogP contribution in [-0.2, 0) is 47.2 Å². The molecule has 4 heterocycles. The molecule has 41 heavy (non-hydrogen) atoms. The van der Waals surface area contributed by atoms with Crippen LogP contribution in [0.3, 0.4) is 0 Å². The van der Waals surface area contributed by atoms with Gasteiger partial charge in [-0.2, -0.15) is 0 Å². The lowest BCUT2D eigenvalue weighted by Crippen LogP contribution is -2.28. The van der Waals surface area contributed by atoms with Crippen molar-refractivity contribution in [2.75, 3.05) is 5.73 Å². The van der Waals surface area contributed by atoms with E-state index >= 15 is 0 Å². The van der Waals surface area contributed by atoms with Gasteiger partial charge in [-0.3, -0.25) is 9.97 Å². The van der Waals surface area contributed by atoms with E-state index in [4.69, 9.17) is 25.7 Å². The van der Waals surface area contributed by atoms with Crippen molar-refractivity contribution in [2.24, 2.45) is 0 Å². The number of aromatic nitrogens is 2. The second kappa shape index (κ2) is 13.1. The van der Waals surface area contributed by atoms with Gasteiger partial charge in [0.25, 0.3) is 9.05 Å². The number of pyridine rings is 2. The zero-order chi connectivity index (χ0) is 29.6. The van der Waals surface area contributed by atoms with Crippen LogP contribution < -0.4 is 16.7 Å². The summed E-state index contributed by atoms with van der Waals surface area (Å²) in [5.41, 5.74) is 10.2. The van der Waals surface area contributed by atoms with Crippen LogP contribution in [0.1, 0.15) is 16.7 Å². The number of nitrogen functional groups attached to an aromatic ring is 1. The zero-order valence-corrected chi connectivity index (χ0v) is 23.8. The summed E-state index contributed by atoms with van der Waals surface area (Å²) in [6.07, 6.45) is 5.54. The first-order valence-electron chi connectivity index (χ1n) is 12.0. The number of benzene rings is 2. The highest BCUT2D eigenvalue weighted by molar-refractivity contribution is 8.13. The van der Waals surface area contributed by atoms with E-state index in [9.17, 15) is 26.9 Å². The molecule has 4 N–H and O–H groups in total. The number of nitrogens with two attached hydrogens (primary N) is 1. The van der Waals surface area contributed by atoms with Gasteiger partial charge in [0.1, 0.15) is 4.90 Å². The molecule has 11 nitrogen and oxygen atoms in total. The molecule has 0 atom stereocenters. The lowest BCUT2D eigenvalue weighted by molar-refractivity contribution is 0.275. The number of sulfone groups is 1. The summed E-state index contributed by atoms with van der Waals surface area (Å²) < 4.78 is 55.7. The molecule has 0 fully saturated rings. The van der Waals surface area contributed by atoms with E-state index in [1.165, 1.54) is 43.0 Å². The number of fused-ring (bicyclic) bond motifs is 2. The molecule has 0 unspecified atom stereocenters. The van der Waals surface area contributed by atoms with Crippen molar-refractivity contribution in [3.05, 3.63) is 102 Å². The highest BCUT2D eigenvalue weighted by Crippen LogP contribution is 2.18. The van der Waals surface area contributed by atoms with Gasteiger partial charge >= 0.3 is 14.2 Å². The molecule has 0 amide bonds. The maximum Gasteiger partial charge on any atom is 0.491 e. The van der Waals surface area contributed by atoms with Crippen LogP contribution in [0.4, 0.5) is 5.69 Å². The van der Waals surface area contributed by atoms with E-state index < -0.39 is 33.1 Å². The van der Waals surface area contributed by atoms with Crippen LogP contribution in [0.15, 0.2) is 95.2 Å². The number of anilines is 1. The van der Waals surface area contributed by atoms with Gasteiger partial charge < -0.3 is 25.1 Å². The largest absolute Gasteiger partial charge is 0.491 e. The van der Waals surface area contributed by atoms with Crippen LogP contribution in [0.5, 0.6) is 0 Å². The van der Waals surface area contributed by atoms with Crippen molar-refractivity contribution in [3.8, 4) is 0 Å². The van der Waals surface area contributed by atoms with E-state index in [1.54, 1.807) is 36.4 Å². The monoisotopic (exact) mass is 615 g/mol. The first kappa shape index (κ1) is 30.7. The van der Waals surface area contributed by atoms with E-state index in [0.717, 1.165) is 16.6 Å². The predicted octanol–water partition coefficient (Wildman–Crippen LogP) is 0.769. The molecule has 2 aromatic carbocycles. The van der Waals surface area contributed by atoms with Gasteiger partial charge in [-0.15, -0.1) is 0 Å². The fraction of sp³-hybridized carbons (Fsp3) is 0.120. The molecule has 0 bridgehead atoms. The van der Waals surface area contributed by atoms with Crippen LogP contribution in [-0.4, -0.2) is 51.1 Å². The topological polar surface area (TPSA) is 179 Å². The number of halogens is 1. The van der Waals surface area contributed by atoms with Crippen molar-refractivity contribution in [2.45, 2.75) is 28.8 Å². The van der Waals surface area contributed by atoms with Crippen molar-refractivity contribution >= 4 is 60.4 Å². The van der Waals surface area contributed by atoms with Crippen molar-refractivity contribution in [1.29, 1.82) is 0 Å². The summed E-state index contributed by atoms with van der Waals surface area (Å²) in [7, 11) is -3.79. The average Bonchev–Trinajstić information content (AvgIpc) is 3.51. The van der Waals surface area contributed by atoms with Crippen molar-refractivity contribution in [3.63, 3.8) is 0 Å². The molecule has 2 aliphatic heterocycles. The number of hydrogen-bond acceptors (Lipinski definition) is 11. The Bertz CT molecular complexity index is 1720. The summed E-state index contributed by atoms with van der Waals surface area (Å²) in [6, 6.07) is 16.6. The predicted molar refractivity (Wildman–Crippen MR) is 154 cm³/mol. The van der Waals surface area contributed by atoms with Gasteiger partial charge in [0.05, 0.1) is 23.9 Å². The Balaban J connectivity index is 0.000000156. The zero-order valence-electron chi connectivity index (χ0n) is 21.4. The van der Waals surface area contributed by atoms with E-state index in [-0.39, 0.29) is 15.5 Å². The fourth-order valence-electron chi connectivity index (χ4n) is 3.91. The molecule has 2 aromatic heterocycles. The smallest absolute Gasteiger partial charge is 0.423 e. The first-order chi connectivity index (χ1) is 19.4. The Morgan fingerprint density at radius 3 is 1.85 bits per heavy atom. The maximum absolute atomic E-state index is 12.2. The molecule has 2 aliphatic rings. The van der Waals surface area contributed by atoms with Gasteiger partial charge in [0, 0.05) is 41.2 Å². The highest BCUT2D eigenvalue weighted by Gasteiger charge is 2.28. The normalized spacial score (nSPS) is 13.8. The molecular weight excluding hydrogens is 591 g/mol. The Labute approximate surface area is 242 Å². The van der Waals surface area contributed by atoms with E-state index in [2.05, 4.69) is 9.97 Å². The minimum atomic E-state index is -3.59. The third-order valence-electron chi connectivity index (χ3n) is 5.97. The molecule has 6 rings (SSSR count). The molecule has 0 aliphatic carbocycles. The highest BCUT2D eigenvalue weighted by atomic mass is 35.7. The first-order valence-corrected chi connectivity index (χ1v) is 16.0. The van der Waals surface area contributed by atoms with Crippen LogP contribution in [0.25, 0.3) is 0 Å². The summed E-state index contributed by atoms with van der Waals surface area (Å²) in [6.45, 7) is 0.836. The molecule has 0 saturated heterocycles. The quantitative estimate of drug-likeness (QED) is 0.168. The van der Waals surface area contributed by atoms with Crippen molar-refractivity contribution < 1.29 is 36.2 Å². The summed E-state index contributed by atoms with van der Waals surface area (Å²) in [4.78, 5) is 7.63. The fourth-order valence-corrected chi connectivity index (χ4v) is 5.91. The maximum atomic E-state index is 12.2. The lowest BCUT2D eigenvalue weighted by Gasteiger charge is -2.06. The average molecular weight is 616 g/mol. The third kappa shape index (κ3) is 8.14. The van der Waals surface area contributed by atoms with Gasteiger partial charge in [0.2, 0.25) is 0 Å². The van der Waals surface area contributed by atoms with Crippen LogP contribution >= 0.6 is 10.7 Å². The van der Waals surface area contributed by atoms with Crippen LogP contribution in [0.2, 0.25) is 0 Å². The van der Waals surface area contributed by atoms with Crippen molar-refractivity contribution in [1.82, 2.24) is 9.97 Å². The Morgan fingerprint density at radius 2 is 1.34 bits per heavy atom. The lowest BCUT2D eigenvalue weighted by atomic mass is 9.79. The minimum absolute atomic E-state index is 0.0247. The third-order valence-corrected chi connectivity index (χ3v) is 8.98. The molecule has 4 aromatic rings. The Hall–Kier alpha value is -3.30. The molecule has 0 spiro atoms. The molecule has 0 radical (unpaired) electrons. The number of nitrogens with zero attached hydrogens (tertiary/aromatic N) is 2. The second-order valence-corrected chi connectivity index (χ2v) is 13.4. The number of hydrogen-bond donors (Lipinski definition) is 3. The van der Waals surface area contributed by atoms with Gasteiger partial charge in [0.15, 0.2) is 9.84 Å². The van der Waals surface area contributed by atoms with Gasteiger partial charge in [-0.1, -0.05) is 24.3 Å². The van der Waals surface area contributed by atoms with E-state index in [0.29, 0.717) is 29.9 Å². The number of rotatable bonds is 4. The molecule has 0 saturated carbocycles. The molecule has 16 heteroatoms.